The van der Waals surface area contributed by atoms with Crippen molar-refractivity contribution in [1.82, 2.24) is 9.88 Å². The van der Waals surface area contributed by atoms with Crippen LogP contribution in [0.1, 0.15) is 12.8 Å². The first-order valence-corrected chi connectivity index (χ1v) is 7.60. The van der Waals surface area contributed by atoms with E-state index in [0.29, 0.717) is 17.6 Å². The smallest absolute Gasteiger partial charge is 0.323 e. The van der Waals surface area contributed by atoms with Crippen molar-refractivity contribution in [3.63, 3.8) is 0 Å². The van der Waals surface area contributed by atoms with Crippen molar-refractivity contribution in [2.75, 3.05) is 25.0 Å². The maximum atomic E-state index is 12.2. The van der Waals surface area contributed by atoms with E-state index in [1.807, 2.05) is 24.3 Å². The number of anilines is 1. The molecule has 0 bridgehead atoms. The van der Waals surface area contributed by atoms with E-state index in [-0.39, 0.29) is 12.6 Å². The van der Waals surface area contributed by atoms with Gasteiger partial charge in [-0.1, -0.05) is 23.5 Å². The lowest BCUT2D eigenvalue weighted by molar-refractivity contribution is 0.185. The highest BCUT2D eigenvalue weighted by molar-refractivity contribution is 7.22. The van der Waals surface area contributed by atoms with Crippen LogP contribution in [0.5, 0.6) is 0 Å². The number of nitrogens with zero attached hydrogens (tertiary/aromatic N) is 2. The lowest BCUT2D eigenvalue weighted by Crippen LogP contribution is -2.38. The van der Waals surface area contributed by atoms with Gasteiger partial charge >= 0.3 is 6.03 Å². The molecular weight excluding hydrogens is 274 g/mol. The van der Waals surface area contributed by atoms with Crippen LogP contribution in [-0.2, 0) is 0 Å². The summed E-state index contributed by atoms with van der Waals surface area (Å²) in [6, 6.07) is 7.62. The SMILES string of the molecule is O=C(Nc1nc2ccccc2s1)N(CCO)CC1CC1. The van der Waals surface area contributed by atoms with Gasteiger partial charge in [-0.25, -0.2) is 9.78 Å². The maximum Gasteiger partial charge on any atom is 0.323 e. The highest BCUT2D eigenvalue weighted by atomic mass is 32.1. The number of fused-ring (bicyclic) bond motifs is 1. The molecule has 0 spiro atoms. The third-order valence-corrected chi connectivity index (χ3v) is 4.29. The maximum absolute atomic E-state index is 12.2. The Hall–Kier alpha value is -1.66. The predicted molar refractivity (Wildman–Crippen MR) is 80.0 cm³/mol. The number of para-hydroxylation sites is 1. The molecule has 0 saturated heterocycles. The first kappa shape index (κ1) is 13.3. The summed E-state index contributed by atoms with van der Waals surface area (Å²) in [6.07, 6.45) is 2.35. The van der Waals surface area contributed by atoms with Gasteiger partial charge in [-0.3, -0.25) is 5.32 Å². The third-order valence-electron chi connectivity index (χ3n) is 3.34. The largest absolute Gasteiger partial charge is 0.395 e. The van der Waals surface area contributed by atoms with Gasteiger partial charge in [-0.2, -0.15) is 0 Å². The summed E-state index contributed by atoms with van der Waals surface area (Å²) in [6.45, 7) is 1.07. The number of carbonyl (C=O) groups excluding carboxylic acids is 1. The standard InChI is InChI=1S/C14H17N3O2S/c18-8-7-17(9-10-5-6-10)14(19)16-13-15-11-3-1-2-4-12(11)20-13/h1-4,10,18H,5-9H2,(H,15,16,19). The van der Waals surface area contributed by atoms with Gasteiger partial charge in [-0.15, -0.1) is 0 Å². The number of hydrogen-bond donors (Lipinski definition) is 2. The molecule has 1 heterocycles. The van der Waals surface area contributed by atoms with Crippen LogP contribution in [0.25, 0.3) is 10.2 Å². The predicted octanol–water partition coefficient (Wildman–Crippen LogP) is 2.53. The molecule has 6 heteroatoms. The van der Waals surface area contributed by atoms with Gasteiger partial charge in [0.05, 0.1) is 16.8 Å². The lowest BCUT2D eigenvalue weighted by Gasteiger charge is -2.21. The van der Waals surface area contributed by atoms with Crippen molar-refractivity contribution in [1.29, 1.82) is 0 Å². The fraction of sp³-hybridized carbons (Fsp3) is 0.429. The van der Waals surface area contributed by atoms with Crippen molar-refractivity contribution in [3.05, 3.63) is 24.3 Å². The van der Waals surface area contributed by atoms with Crippen LogP contribution in [0, 0.1) is 5.92 Å². The molecule has 5 nitrogen and oxygen atoms in total. The minimum atomic E-state index is -0.176. The molecule has 0 radical (unpaired) electrons. The number of aliphatic hydroxyl groups excluding tert-OH is 1. The van der Waals surface area contributed by atoms with Gasteiger partial charge in [0, 0.05) is 13.1 Å². The van der Waals surface area contributed by atoms with E-state index < -0.39 is 0 Å². The molecule has 2 aromatic rings. The zero-order valence-electron chi connectivity index (χ0n) is 11.1. The van der Waals surface area contributed by atoms with E-state index in [1.54, 1.807) is 4.90 Å². The number of hydrogen-bond acceptors (Lipinski definition) is 4. The Balaban J connectivity index is 1.69. The fourth-order valence-corrected chi connectivity index (χ4v) is 2.96. The van der Waals surface area contributed by atoms with Crippen molar-refractivity contribution in [2.24, 2.45) is 5.92 Å². The van der Waals surface area contributed by atoms with Crippen molar-refractivity contribution in [3.8, 4) is 0 Å². The highest BCUT2D eigenvalue weighted by Gasteiger charge is 2.26. The Morgan fingerprint density at radius 2 is 2.25 bits per heavy atom. The second-order valence-electron chi connectivity index (χ2n) is 5.03. The molecule has 0 aliphatic heterocycles. The number of benzene rings is 1. The van der Waals surface area contributed by atoms with Crippen LogP contribution in [0.3, 0.4) is 0 Å². The van der Waals surface area contributed by atoms with Crippen LogP contribution in [0.4, 0.5) is 9.93 Å². The molecule has 1 fully saturated rings. The number of amides is 2. The molecule has 20 heavy (non-hydrogen) atoms. The third kappa shape index (κ3) is 3.08. The number of aromatic nitrogens is 1. The van der Waals surface area contributed by atoms with E-state index in [1.165, 1.54) is 24.2 Å². The van der Waals surface area contributed by atoms with Gasteiger partial charge in [0.15, 0.2) is 5.13 Å². The average molecular weight is 291 g/mol. The first-order chi connectivity index (χ1) is 9.76. The molecule has 0 atom stereocenters. The number of rotatable bonds is 5. The number of urea groups is 1. The van der Waals surface area contributed by atoms with Gasteiger partial charge in [0.2, 0.25) is 0 Å². The zero-order chi connectivity index (χ0) is 13.9. The second-order valence-corrected chi connectivity index (χ2v) is 6.06. The van der Waals surface area contributed by atoms with Crippen LogP contribution in [0.2, 0.25) is 0 Å². The van der Waals surface area contributed by atoms with E-state index >= 15 is 0 Å². The fourth-order valence-electron chi connectivity index (χ4n) is 2.10. The average Bonchev–Trinajstić information content (AvgIpc) is 3.16. The first-order valence-electron chi connectivity index (χ1n) is 6.78. The molecule has 1 aromatic heterocycles. The Kier molecular flexibility index (Phi) is 3.84. The van der Waals surface area contributed by atoms with Crippen LogP contribution >= 0.6 is 11.3 Å². The number of thiazole rings is 1. The van der Waals surface area contributed by atoms with Gasteiger partial charge < -0.3 is 10.0 Å². The summed E-state index contributed by atoms with van der Waals surface area (Å²) in [7, 11) is 0. The Morgan fingerprint density at radius 1 is 1.45 bits per heavy atom. The van der Waals surface area contributed by atoms with E-state index in [2.05, 4.69) is 10.3 Å². The van der Waals surface area contributed by atoms with Gasteiger partial charge in [0.1, 0.15) is 0 Å². The summed E-state index contributed by atoms with van der Waals surface area (Å²) in [5.41, 5.74) is 0.892. The molecular formula is C14H17N3O2S. The summed E-state index contributed by atoms with van der Waals surface area (Å²) >= 11 is 1.46. The Labute approximate surface area is 121 Å². The summed E-state index contributed by atoms with van der Waals surface area (Å²) < 4.78 is 1.05. The number of carbonyl (C=O) groups is 1. The Morgan fingerprint density at radius 3 is 2.95 bits per heavy atom. The molecule has 2 N–H and O–H groups in total. The summed E-state index contributed by atoms with van der Waals surface area (Å²) in [4.78, 5) is 18.3. The normalized spacial score (nSPS) is 14.4. The van der Waals surface area contributed by atoms with Crippen molar-refractivity contribution < 1.29 is 9.90 Å². The molecule has 2 amide bonds. The highest BCUT2D eigenvalue weighted by Crippen LogP contribution is 2.30. The molecule has 1 aromatic carbocycles. The molecule has 1 aliphatic carbocycles. The molecule has 1 aliphatic rings. The Bertz CT molecular complexity index is 576. The van der Waals surface area contributed by atoms with E-state index in [4.69, 9.17) is 5.11 Å². The van der Waals surface area contributed by atoms with E-state index in [0.717, 1.165) is 16.8 Å². The second kappa shape index (κ2) is 5.76. The molecule has 106 valence electrons. The van der Waals surface area contributed by atoms with E-state index in [9.17, 15) is 4.79 Å². The van der Waals surface area contributed by atoms with Crippen molar-refractivity contribution >= 4 is 32.7 Å². The summed E-state index contributed by atoms with van der Waals surface area (Å²) in [5, 5.41) is 12.5. The summed E-state index contributed by atoms with van der Waals surface area (Å²) in [5.74, 6) is 0.600. The topological polar surface area (TPSA) is 65.5 Å². The minimum absolute atomic E-state index is 0.0139. The minimum Gasteiger partial charge on any atom is -0.395 e. The molecule has 3 rings (SSSR count). The lowest BCUT2D eigenvalue weighted by atomic mass is 10.3. The van der Waals surface area contributed by atoms with Crippen LogP contribution in [-0.4, -0.2) is 40.7 Å². The number of aliphatic hydroxyl groups is 1. The molecule has 1 saturated carbocycles. The molecule has 0 unspecified atom stereocenters. The van der Waals surface area contributed by atoms with Crippen molar-refractivity contribution in [2.45, 2.75) is 12.8 Å². The quantitative estimate of drug-likeness (QED) is 0.889. The number of nitrogens with one attached hydrogen (secondary N) is 1. The zero-order valence-corrected chi connectivity index (χ0v) is 11.9. The van der Waals surface area contributed by atoms with Crippen LogP contribution in [0.15, 0.2) is 24.3 Å². The van der Waals surface area contributed by atoms with Gasteiger partial charge in [-0.05, 0) is 30.9 Å². The monoisotopic (exact) mass is 291 g/mol. The van der Waals surface area contributed by atoms with Gasteiger partial charge in [0.25, 0.3) is 0 Å². The van der Waals surface area contributed by atoms with Crippen LogP contribution < -0.4 is 5.32 Å².